The molecule has 0 amide bonds. The number of methoxy groups -OCH3 is 2. The van der Waals surface area contributed by atoms with E-state index in [2.05, 4.69) is 24.0 Å². The van der Waals surface area contributed by atoms with Gasteiger partial charge in [-0.25, -0.2) is 0 Å². The van der Waals surface area contributed by atoms with Gasteiger partial charge in [0, 0.05) is 38.4 Å². The van der Waals surface area contributed by atoms with Gasteiger partial charge in [-0.15, -0.1) is 0 Å². The number of hydrogen-bond donors (Lipinski definition) is 1. The lowest BCUT2D eigenvalue weighted by Gasteiger charge is -2.32. The first kappa shape index (κ1) is 16.7. The largest absolute Gasteiger partial charge is 0.377 e. The van der Waals surface area contributed by atoms with E-state index in [4.69, 9.17) is 26.8 Å². The second-order valence-corrected chi connectivity index (χ2v) is 6.01. The highest BCUT2D eigenvalue weighted by atomic mass is 35.5. The van der Waals surface area contributed by atoms with Gasteiger partial charge in [-0.1, -0.05) is 30.7 Å². The van der Waals surface area contributed by atoms with E-state index < -0.39 is 0 Å². The lowest BCUT2D eigenvalue weighted by Crippen LogP contribution is -2.40. The van der Waals surface area contributed by atoms with Gasteiger partial charge in [0.05, 0.1) is 18.2 Å². The number of halogens is 1. The number of nitrogens with zero attached hydrogens (tertiary/aromatic N) is 1. The predicted molar refractivity (Wildman–Crippen MR) is 85.6 cm³/mol. The number of rotatable bonds is 6. The fourth-order valence-corrected chi connectivity index (χ4v) is 3.19. The van der Waals surface area contributed by atoms with Crippen molar-refractivity contribution in [3.8, 4) is 0 Å². The maximum absolute atomic E-state index is 6.38. The minimum absolute atomic E-state index is 0.0688. The molecule has 4 unspecified atom stereocenters. The molecule has 5 heteroatoms. The first-order valence-electron chi connectivity index (χ1n) is 7.41. The van der Waals surface area contributed by atoms with Gasteiger partial charge in [0.1, 0.15) is 0 Å². The molecule has 1 fully saturated rings. The molecule has 0 aromatic heterocycles. The van der Waals surface area contributed by atoms with Crippen LogP contribution in [0.5, 0.6) is 0 Å². The number of ether oxygens (including phenoxy) is 2. The molecule has 1 saturated heterocycles. The summed E-state index contributed by atoms with van der Waals surface area (Å²) in [6.45, 7) is 3.78. The van der Waals surface area contributed by atoms with Gasteiger partial charge in [-0.3, -0.25) is 4.90 Å². The summed E-state index contributed by atoms with van der Waals surface area (Å²) in [6.07, 6.45) is 1.10. The van der Waals surface area contributed by atoms with E-state index in [1.807, 2.05) is 12.1 Å². The van der Waals surface area contributed by atoms with Crippen molar-refractivity contribution in [1.29, 1.82) is 0 Å². The predicted octanol–water partition coefficient (Wildman–Crippen LogP) is 2.46. The second kappa shape index (κ2) is 7.56. The van der Waals surface area contributed by atoms with Crippen LogP contribution in [0, 0.1) is 0 Å². The van der Waals surface area contributed by atoms with Crippen LogP contribution in [0.1, 0.15) is 24.9 Å². The zero-order valence-corrected chi connectivity index (χ0v) is 13.7. The fourth-order valence-electron chi connectivity index (χ4n) is 3.06. The summed E-state index contributed by atoms with van der Waals surface area (Å²) in [6, 6.07) is 8.19. The Balaban J connectivity index is 2.23. The normalized spacial score (nSPS) is 26.0. The zero-order valence-electron chi connectivity index (χ0n) is 13.0. The first-order valence-corrected chi connectivity index (χ1v) is 7.79. The number of likely N-dealkylation sites (tertiary alicyclic amines) is 1. The molecule has 1 aliphatic rings. The molecular formula is C16H25ClN2O2. The molecular weight excluding hydrogens is 288 g/mol. The van der Waals surface area contributed by atoms with Gasteiger partial charge < -0.3 is 15.2 Å². The van der Waals surface area contributed by atoms with Crippen LogP contribution >= 0.6 is 11.6 Å². The molecule has 118 valence electrons. The van der Waals surface area contributed by atoms with Crippen molar-refractivity contribution in [3.05, 3.63) is 34.9 Å². The molecule has 2 N–H and O–H groups in total. The average Bonchev–Trinajstić information content (AvgIpc) is 2.92. The Morgan fingerprint density at radius 2 is 1.71 bits per heavy atom. The Morgan fingerprint density at radius 3 is 2.14 bits per heavy atom. The maximum atomic E-state index is 6.38. The molecule has 1 heterocycles. The van der Waals surface area contributed by atoms with Crippen molar-refractivity contribution in [1.82, 2.24) is 4.90 Å². The van der Waals surface area contributed by atoms with E-state index in [1.165, 1.54) is 5.56 Å². The topological polar surface area (TPSA) is 47.7 Å². The Kier molecular flexibility index (Phi) is 6.02. The van der Waals surface area contributed by atoms with Crippen molar-refractivity contribution in [3.63, 3.8) is 0 Å². The number of hydrogen-bond acceptors (Lipinski definition) is 4. The lowest BCUT2D eigenvalue weighted by molar-refractivity contribution is -0.00461. The molecule has 4 nitrogen and oxygen atoms in total. The molecule has 0 bridgehead atoms. The smallest absolute Gasteiger partial charge is 0.0972 e. The summed E-state index contributed by atoms with van der Waals surface area (Å²) in [5.74, 6) is 0. The van der Waals surface area contributed by atoms with Crippen molar-refractivity contribution in [2.45, 2.75) is 37.6 Å². The van der Waals surface area contributed by atoms with Crippen LogP contribution in [0.25, 0.3) is 0 Å². The molecule has 4 atom stereocenters. The molecule has 21 heavy (non-hydrogen) atoms. The Morgan fingerprint density at radius 1 is 1.19 bits per heavy atom. The third-order valence-electron chi connectivity index (χ3n) is 4.33. The molecule has 0 saturated carbocycles. The highest BCUT2D eigenvalue weighted by Gasteiger charge is 2.38. The minimum atomic E-state index is 0.0688. The van der Waals surface area contributed by atoms with Crippen LogP contribution < -0.4 is 5.73 Å². The molecule has 0 radical (unpaired) electrons. The van der Waals surface area contributed by atoms with E-state index in [1.54, 1.807) is 14.2 Å². The maximum Gasteiger partial charge on any atom is 0.0972 e. The van der Waals surface area contributed by atoms with E-state index in [-0.39, 0.29) is 24.3 Å². The van der Waals surface area contributed by atoms with Crippen LogP contribution in [0.4, 0.5) is 0 Å². The summed E-state index contributed by atoms with van der Waals surface area (Å²) in [5, 5.41) is 0.744. The van der Waals surface area contributed by atoms with Gasteiger partial charge in [-0.05, 0) is 24.1 Å². The molecule has 1 aromatic rings. The van der Waals surface area contributed by atoms with Crippen LogP contribution in [-0.4, -0.2) is 50.5 Å². The van der Waals surface area contributed by atoms with E-state index in [0.29, 0.717) is 0 Å². The Hall–Kier alpha value is -0.650. The molecule has 2 rings (SSSR count). The number of benzene rings is 1. The molecule has 1 aliphatic heterocycles. The summed E-state index contributed by atoms with van der Waals surface area (Å²) in [7, 11) is 3.47. The zero-order chi connectivity index (χ0) is 15.4. The van der Waals surface area contributed by atoms with E-state index >= 15 is 0 Å². The molecule has 0 spiro atoms. The third kappa shape index (κ3) is 3.76. The van der Waals surface area contributed by atoms with Crippen LogP contribution in [-0.2, 0) is 9.47 Å². The monoisotopic (exact) mass is 312 g/mol. The SMILES string of the molecule is CCC(N)C(c1ccc(Cl)cc1)N1CC(OC)C(OC)C1. The van der Waals surface area contributed by atoms with Crippen LogP contribution in [0.3, 0.4) is 0 Å². The highest BCUT2D eigenvalue weighted by Crippen LogP contribution is 2.31. The van der Waals surface area contributed by atoms with Crippen LogP contribution in [0.2, 0.25) is 5.02 Å². The first-order chi connectivity index (χ1) is 10.1. The fraction of sp³-hybridized carbons (Fsp3) is 0.625. The van der Waals surface area contributed by atoms with Crippen molar-refractivity contribution in [2.75, 3.05) is 27.3 Å². The van der Waals surface area contributed by atoms with Crippen molar-refractivity contribution in [2.24, 2.45) is 5.73 Å². The van der Waals surface area contributed by atoms with Crippen molar-refractivity contribution < 1.29 is 9.47 Å². The Labute approximate surface area is 132 Å². The van der Waals surface area contributed by atoms with Crippen molar-refractivity contribution >= 4 is 11.6 Å². The molecule has 0 aliphatic carbocycles. The van der Waals surface area contributed by atoms with Gasteiger partial charge in [-0.2, -0.15) is 0 Å². The van der Waals surface area contributed by atoms with Gasteiger partial charge >= 0.3 is 0 Å². The average molecular weight is 313 g/mol. The summed E-state index contributed by atoms with van der Waals surface area (Å²) in [5.41, 5.74) is 7.58. The van der Waals surface area contributed by atoms with E-state index in [9.17, 15) is 0 Å². The van der Waals surface area contributed by atoms with Gasteiger partial charge in [0.15, 0.2) is 0 Å². The Bertz CT molecular complexity index is 428. The van der Waals surface area contributed by atoms with Gasteiger partial charge in [0.25, 0.3) is 0 Å². The lowest BCUT2D eigenvalue weighted by atomic mass is 9.96. The van der Waals surface area contributed by atoms with Crippen LogP contribution in [0.15, 0.2) is 24.3 Å². The van der Waals surface area contributed by atoms with Gasteiger partial charge in [0.2, 0.25) is 0 Å². The third-order valence-corrected chi connectivity index (χ3v) is 4.58. The number of nitrogens with two attached hydrogens (primary N) is 1. The summed E-state index contributed by atoms with van der Waals surface area (Å²) >= 11 is 6.00. The summed E-state index contributed by atoms with van der Waals surface area (Å²) < 4.78 is 11.1. The standard InChI is InChI=1S/C16H25ClN2O2/c1-4-13(18)16(11-5-7-12(17)8-6-11)19-9-14(20-2)15(10-19)21-3/h5-8,13-16H,4,9-10,18H2,1-3H3. The van der Waals surface area contributed by atoms with E-state index in [0.717, 1.165) is 24.5 Å². The quantitative estimate of drug-likeness (QED) is 0.876. The molecule has 1 aromatic carbocycles. The minimum Gasteiger partial charge on any atom is -0.377 e. The highest BCUT2D eigenvalue weighted by molar-refractivity contribution is 6.30. The second-order valence-electron chi connectivity index (χ2n) is 5.57. The summed E-state index contributed by atoms with van der Waals surface area (Å²) in [4.78, 5) is 2.36.